The van der Waals surface area contributed by atoms with Crippen molar-refractivity contribution < 1.29 is 5.11 Å². The maximum Gasteiger partial charge on any atom is 0.0695 e. The Morgan fingerprint density at radius 1 is 1.05 bits per heavy atom. The van der Waals surface area contributed by atoms with Gasteiger partial charge in [0.05, 0.1) is 6.10 Å². The highest BCUT2D eigenvalue weighted by molar-refractivity contribution is 4.98. The SMILES string of the molecule is CC1CN2CCCC2CN1C1CC(C(C)(C)C)CCC1O. The van der Waals surface area contributed by atoms with E-state index in [1.165, 1.54) is 45.3 Å². The van der Waals surface area contributed by atoms with Gasteiger partial charge in [0.2, 0.25) is 0 Å². The summed E-state index contributed by atoms with van der Waals surface area (Å²) in [7, 11) is 0. The first kappa shape index (κ1) is 15.8. The molecule has 1 saturated carbocycles. The summed E-state index contributed by atoms with van der Waals surface area (Å²) in [6.07, 6.45) is 5.97. The molecule has 3 nitrogen and oxygen atoms in total. The molecule has 21 heavy (non-hydrogen) atoms. The Hall–Kier alpha value is -0.120. The van der Waals surface area contributed by atoms with Crippen LogP contribution >= 0.6 is 0 Å². The second-order valence-corrected chi connectivity index (χ2v) is 8.85. The van der Waals surface area contributed by atoms with E-state index in [0.717, 1.165) is 18.4 Å². The second-order valence-electron chi connectivity index (χ2n) is 8.85. The normalized spacial score (nSPS) is 43.0. The number of aliphatic hydroxyl groups excluding tert-OH is 1. The van der Waals surface area contributed by atoms with E-state index < -0.39 is 0 Å². The molecule has 1 aliphatic carbocycles. The fraction of sp³-hybridized carbons (Fsp3) is 1.00. The van der Waals surface area contributed by atoms with Gasteiger partial charge in [-0.2, -0.15) is 0 Å². The monoisotopic (exact) mass is 294 g/mol. The van der Waals surface area contributed by atoms with E-state index in [9.17, 15) is 5.11 Å². The summed E-state index contributed by atoms with van der Waals surface area (Å²) < 4.78 is 0. The number of hydrogen-bond donors (Lipinski definition) is 1. The minimum atomic E-state index is -0.112. The van der Waals surface area contributed by atoms with Crippen LogP contribution in [0.25, 0.3) is 0 Å². The highest BCUT2D eigenvalue weighted by atomic mass is 16.3. The van der Waals surface area contributed by atoms with E-state index in [0.29, 0.717) is 17.5 Å². The molecule has 0 aromatic heterocycles. The summed E-state index contributed by atoms with van der Waals surface area (Å²) in [4.78, 5) is 5.34. The average molecular weight is 294 g/mol. The van der Waals surface area contributed by atoms with Gasteiger partial charge in [0.15, 0.2) is 0 Å². The lowest BCUT2D eigenvalue weighted by Gasteiger charge is -2.51. The number of piperazine rings is 1. The van der Waals surface area contributed by atoms with Gasteiger partial charge in [0.25, 0.3) is 0 Å². The van der Waals surface area contributed by atoms with Crippen molar-refractivity contribution in [3.63, 3.8) is 0 Å². The average Bonchev–Trinajstić information content (AvgIpc) is 2.84. The molecule has 0 aromatic rings. The van der Waals surface area contributed by atoms with Gasteiger partial charge in [-0.1, -0.05) is 20.8 Å². The van der Waals surface area contributed by atoms with Crippen LogP contribution in [0.4, 0.5) is 0 Å². The van der Waals surface area contributed by atoms with Crippen LogP contribution in [-0.2, 0) is 0 Å². The van der Waals surface area contributed by atoms with E-state index in [1.54, 1.807) is 0 Å². The van der Waals surface area contributed by atoms with Crippen LogP contribution in [0.2, 0.25) is 0 Å². The van der Waals surface area contributed by atoms with Crippen molar-refractivity contribution in [3.05, 3.63) is 0 Å². The van der Waals surface area contributed by atoms with Crippen molar-refractivity contribution in [1.29, 1.82) is 0 Å². The molecule has 0 amide bonds. The van der Waals surface area contributed by atoms with Crippen LogP contribution in [0.3, 0.4) is 0 Å². The summed E-state index contributed by atoms with van der Waals surface area (Å²) in [5.74, 6) is 0.750. The van der Waals surface area contributed by atoms with Gasteiger partial charge in [-0.05, 0) is 56.9 Å². The van der Waals surface area contributed by atoms with Crippen molar-refractivity contribution in [2.24, 2.45) is 11.3 Å². The Kier molecular flexibility index (Phi) is 4.37. The van der Waals surface area contributed by atoms with Crippen LogP contribution < -0.4 is 0 Å². The zero-order valence-corrected chi connectivity index (χ0v) is 14.4. The van der Waals surface area contributed by atoms with Crippen LogP contribution in [0.5, 0.6) is 0 Å². The Morgan fingerprint density at radius 2 is 1.81 bits per heavy atom. The van der Waals surface area contributed by atoms with Gasteiger partial charge in [-0.25, -0.2) is 0 Å². The number of rotatable bonds is 1. The Bertz CT molecular complexity index is 365. The lowest BCUT2D eigenvalue weighted by Crippen LogP contribution is -2.61. The molecule has 2 saturated heterocycles. The van der Waals surface area contributed by atoms with Crippen LogP contribution in [-0.4, -0.2) is 58.8 Å². The van der Waals surface area contributed by atoms with E-state index >= 15 is 0 Å². The zero-order valence-electron chi connectivity index (χ0n) is 14.4. The summed E-state index contributed by atoms with van der Waals surface area (Å²) >= 11 is 0. The molecule has 3 heteroatoms. The third-order valence-corrected chi connectivity index (χ3v) is 6.42. The third kappa shape index (κ3) is 3.16. The molecule has 5 atom stereocenters. The summed E-state index contributed by atoms with van der Waals surface area (Å²) in [6.45, 7) is 13.1. The smallest absolute Gasteiger partial charge is 0.0695 e. The van der Waals surface area contributed by atoms with Gasteiger partial charge >= 0.3 is 0 Å². The van der Waals surface area contributed by atoms with Crippen LogP contribution in [0, 0.1) is 11.3 Å². The second kappa shape index (κ2) is 5.82. The molecule has 0 radical (unpaired) electrons. The minimum absolute atomic E-state index is 0.112. The lowest BCUT2D eigenvalue weighted by atomic mass is 9.69. The van der Waals surface area contributed by atoms with E-state index in [4.69, 9.17) is 0 Å². The molecular weight excluding hydrogens is 260 g/mol. The van der Waals surface area contributed by atoms with Gasteiger partial charge in [0, 0.05) is 31.2 Å². The number of nitrogens with zero attached hydrogens (tertiary/aromatic N) is 2. The molecule has 0 bridgehead atoms. The maximum absolute atomic E-state index is 10.6. The molecule has 1 N–H and O–H groups in total. The Balaban J connectivity index is 1.71. The number of hydrogen-bond acceptors (Lipinski definition) is 3. The van der Waals surface area contributed by atoms with Crippen LogP contribution in [0.15, 0.2) is 0 Å². The lowest BCUT2D eigenvalue weighted by molar-refractivity contribution is -0.0608. The van der Waals surface area contributed by atoms with Crippen LogP contribution in [0.1, 0.15) is 59.8 Å². The third-order valence-electron chi connectivity index (χ3n) is 6.42. The molecule has 2 aliphatic heterocycles. The molecule has 122 valence electrons. The first-order chi connectivity index (χ1) is 9.86. The molecule has 3 fully saturated rings. The van der Waals surface area contributed by atoms with E-state index in [1.807, 2.05) is 0 Å². The largest absolute Gasteiger partial charge is 0.391 e. The number of fused-ring (bicyclic) bond motifs is 1. The van der Waals surface area contributed by atoms with E-state index in [-0.39, 0.29) is 6.10 Å². The summed E-state index contributed by atoms with van der Waals surface area (Å²) in [5, 5.41) is 10.6. The van der Waals surface area contributed by atoms with Gasteiger partial charge < -0.3 is 5.11 Å². The Labute approximate surface area is 130 Å². The molecule has 0 aromatic carbocycles. The molecular formula is C18H34N2O. The maximum atomic E-state index is 10.6. The predicted molar refractivity (Wildman–Crippen MR) is 87.4 cm³/mol. The van der Waals surface area contributed by atoms with Gasteiger partial charge in [0.1, 0.15) is 0 Å². The van der Waals surface area contributed by atoms with Crippen molar-refractivity contribution in [1.82, 2.24) is 9.80 Å². The standard InChI is InChI=1S/C18H34N2O/c1-13-11-19-9-5-6-15(19)12-20(13)16-10-14(18(2,3)4)7-8-17(16)21/h13-17,21H,5-12H2,1-4H3. The first-order valence-electron chi connectivity index (χ1n) is 9.04. The quantitative estimate of drug-likeness (QED) is 0.805. The predicted octanol–water partition coefficient (Wildman–Crippen LogP) is 2.73. The Morgan fingerprint density at radius 3 is 2.52 bits per heavy atom. The summed E-state index contributed by atoms with van der Waals surface area (Å²) in [6, 6.07) is 1.74. The highest BCUT2D eigenvalue weighted by Crippen LogP contribution is 2.40. The topological polar surface area (TPSA) is 26.7 Å². The highest BCUT2D eigenvalue weighted by Gasteiger charge is 2.43. The van der Waals surface area contributed by atoms with Crippen molar-refractivity contribution in [2.75, 3.05) is 19.6 Å². The molecule has 5 unspecified atom stereocenters. The molecule has 2 heterocycles. The van der Waals surface area contributed by atoms with Gasteiger partial charge in [-0.15, -0.1) is 0 Å². The zero-order chi connectivity index (χ0) is 15.2. The fourth-order valence-electron chi connectivity index (χ4n) is 4.95. The van der Waals surface area contributed by atoms with Crippen molar-refractivity contribution >= 4 is 0 Å². The fourth-order valence-corrected chi connectivity index (χ4v) is 4.95. The minimum Gasteiger partial charge on any atom is -0.391 e. The van der Waals surface area contributed by atoms with Crippen molar-refractivity contribution in [3.8, 4) is 0 Å². The van der Waals surface area contributed by atoms with Gasteiger partial charge in [-0.3, -0.25) is 9.80 Å². The first-order valence-corrected chi connectivity index (χ1v) is 9.04. The summed E-state index contributed by atoms with van der Waals surface area (Å²) in [5.41, 5.74) is 0.372. The number of aliphatic hydroxyl groups is 1. The van der Waals surface area contributed by atoms with Crippen molar-refractivity contribution in [2.45, 2.75) is 84.0 Å². The van der Waals surface area contributed by atoms with E-state index in [2.05, 4.69) is 37.5 Å². The molecule has 3 aliphatic rings. The molecule has 0 spiro atoms. The molecule has 3 rings (SSSR count).